The van der Waals surface area contributed by atoms with Crippen molar-refractivity contribution < 1.29 is 9.53 Å². The zero-order valence-corrected chi connectivity index (χ0v) is 11.0. The van der Waals surface area contributed by atoms with Gasteiger partial charge in [-0.25, -0.2) is 0 Å². The lowest BCUT2D eigenvalue weighted by Gasteiger charge is -2.27. The summed E-state index contributed by atoms with van der Waals surface area (Å²) in [6, 6.07) is 9.44. The van der Waals surface area contributed by atoms with E-state index in [0.717, 1.165) is 5.69 Å². The fourth-order valence-corrected chi connectivity index (χ4v) is 1.65. The van der Waals surface area contributed by atoms with Gasteiger partial charge in [0, 0.05) is 11.7 Å². The second-order valence-corrected chi connectivity index (χ2v) is 4.19. The number of carbonyl (C=O) groups excluding carboxylic acids is 1. The molecule has 0 N–H and O–H groups in total. The topological polar surface area (TPSA) is 53.3 Å². The molecule has 0 aliphatic carbocycles. The molecule has 0 bridgehead atoms. The molecular formula is C14H18N2O2. The number of rotatable bonds is 5. The number of nitrogens with zero attached hydrogens (tertiary/aromatic N) is 2. The van der Waals surface area contributed by atoms with Crippen molar-refractivity contribution in [2.75, 3.05) is 18.1 Å². The summed E-state index contributed by atoms with van der Waals surface area (Å²) in [5, 5.41) is 8.75. The van der Waals surface area contributed by atoms with Crippen LogP contribution in [0.2, 0.25) is 0 Å². The van der Waals surface area contributed by atoms with Gasteiger partial charge in [0.2, 0.25) is 0 Å². The first kappa shape index (κ1) is 14.0. The van der Waals surface area contributed by atoms with Gasteiger partial charge in [-0.15, -0.1) is 0 Å². The summed E-state index contributed by atoms with van der Waals surface area (Å²) in [7, 11) is 0. The molecule has 96 valence electrons. The van der Waals surface area contributed by atoms with Crippen LogP contribution in [0.1, 0.15) is 26.3 Å². The van der Waals surface area contributed by atoms with Gasteiger partial charge in [0.05, 0.1) is 18.2 Å². The van der Waals surface area contributed by atoms with Gasteiger partial charge in [-0.05, 0) is 45.0 Å². The number of benzene rings is 1. The smallest absolute Gasteiger partial charge is 0.325 e. The van der Waals surface area contributed by atoms with E-state index in [1.54, 1.807) is 19.1 Å². The summed E-state index contributed by atoms with van der Waals surface area (Å²) >= 11 is 0. The molecule has 0 aliphatic heterocycles. The predicted octanol–water partition coefficient (Wildman–Crippen LogP) is 2.34. The van der Waals surface area contributed by atoms with Crippen molar-refractivity contribution in [2.45, 2.75) is 26.8 Å². The van der Waals surface area contributed by atoms with E-state index in [-0.39, 0.29) is 18.6 Å². The molecule has 0 saturated carbocycles. The van der Waals surface area contributed by atoms with Crippen LogP contribution in [-0.4, -0.2) is 25.2 Å². The monoisotopic (exact) mass is 246 g/mol. The fraction of sp³-hybridized carbons (Fsp3) is 0.429. The van der Waals surface area contributed by atoms with E-state index in [2.05, 4.69) is 6.07 Å². The molecule has 0 atom stereocenters. The molecule has 4 nitrogen and oxygen atoms in total. The lowest BCUT2D eigenvalue weighted by Crippen LogP contribution is -2.36. The quantitative estimate of drug-likeness (QED) is 0.748. The van der Waals surface area contributed by atoms with E-state index < -0.39 is 0 Å². The Balaban J connectivity index is 2.84. The summed E-state index contributed by atoms with van der Waals surface area (Å²) in [4.78, 5) is 13.5. The Morgan fingerprint density at radius 3 is 2.44 bits per heavy atom. The molecule has 1 aromatic carbocycles. The Kier molecular flexibility index (Phi) is 5.19. The van der Waals surface area contributed by atoms with E-state index in [1.165, 1.54) is 0 Å². The molecule has 0 amide bonds. The fourth-order valence-electron chi connectivity index (χ4n) is 1.65. The maximum atomic E-state index is 11.5. The van der Waals surface area contributed by atoms with Crippen molar-refractivity contribution in [3.8, 4) is 6.07 Å². The van der Waals surface area contributed by atoms with Gasteiger partial charge < -0.3 is 9.64 Å². The van der Waals surface area contributed by atoms with Gasteiger partial charge in [-0.1, -0.05) is 0 Å². The molecular weight excluding hydrogens is 228 g/mol. The second kappa shape index (κ2) is 6.65. The van der Waals surface area contributed by atoms with Gasteiger partial charge in [-0.3, -0.25) is 4.79 Å². The average Bonchev–Trinajstić information content (AvgIpc) is 2.36. The number of nitriles is 1. The summed E-state index contributed by atoms with van der Waals surface area (Å²) in [5.41, 5.74) is 1.52. The van der Waals surface area contributed by atoms with E-state index in [1.807, 2.05) is 30.9 Å². The van der Waals surface area contributed by atoms with Crippen LogP contribution < -0.4 is 4.90 Å². The van der Waals surface area contributed by atoms with Crippen molar-refractivity contribution >= 4 is 11.7 Å². The van der Waals surface area contributed by atoms with Crippen LogP contribution in [0.4, 0.5) is 5.69 Å². The third kappa shape index (κ3) is 3.77. The Bertz CT molecular complexity index is 432. The summed E-state index contributed by atoms with van der Waals surface area (Å²) < 4.78 is 4.96. The van der Waals surface area contributed by atoms with Gasteiger partial charge in [0.1, 0.15) is 6.54 Å². The molecule has 18 heavy (non-hydrogen) atoms. The largest absolute Gasteiger partial charge is 0.465 e. The van der Waals surface area contributed by atoms with Crippen LogP contribution in [0.25, 0.3) is 0 Å². The molecule has 0 fully saturated rings. The van der Waals surface area contributed by atoms with Gasteiger partial charge in [0.25, 0.3) is 0 Å². The van der Waals surface area contributed by atoms with E-state index in [9.17, 15) is 4.79 Å². The Labute approximate surface area is 108 Å². The molecule has 0 saturated heterocycles. The first-order valence-electron chi connectivity index (χ1n) is 6.01. The third-order valence-corrected chi connectivity index (χ3v) is 2.56. The molecule has 0 unspecified atom stereocenters. The minimum absolute atomic E-state index is 0.183. The van der Waals surface area contributed by atoms with Crippen molar-refractivity contribution in [2.24, 2.45) is 0 Å². The molecule has 1 aromatic rings. The van der Waals surface area contributed by atoms with E-state index >= 15 is 0 Å². The predicted molar refractivity (Wildman–Crippen MR) is 70.3 cm³/mol. The number of esters is 1. The van der Waals surface area contributed by atoms with Crippen LogP contribution in [0.15, 0.2) is 24.3 Å². The number of anilines is 1. The standard InChI is InChI=1S/C14H18N2O2/c1-4-18-14(17)10-16(11(2)3)13-7-5-12(9-15)6-8-13/h5-8,11H,4,10H2,1-3H3. The van der Waals surface area contributed by atoms with Crippen LogP contribution in [0, 0.1) is 11.3 Å². The van der Waals surface area contributed by atoms with Crippen LogP contribution in [-0.2, 0) is 9.53 Å². The number of hydrogen-bond donors (Lipinski definition) is 0. The normalized spacial score (nSPS) is 9.94. The van der Waals surface area contributed by atoms with Gasteiger partial charge in [-0.2, -0.15) is 5.26 Å². The van der Waals surface area contributed by atoms with Crippen molar-refractivity contribution in [1.29, 1.82) is 5.26 Å². The SMILES string of the molecule is CCOC(=O)CN(c1ccc(C#N)cc1)C(C)C. The third-order valence-electron chi connectivity index (χ3n) is 2.56. The zero-order chi connectivity index (χ0) is 13.5. The maximum Gasteiger partial charge on any atom is 0.325 e. The number of hydrogen-bond acceptors (Lipinski definition) is 4. The van der Waals surface area contributed by atoms with Crippen LogP contribution >= 0.6 is 0 Å². The summed E-state index contributed by atoms with van der Waals surface area (Å²) in [6.07, 6.45) is 0. The molecule has 0 heterocycles. The highest BCUT2D eigenvalue weighted by atomic mass is 16.5. The molecule has 0 spiro atoms. The minimum Gasteiger partial charge on any atom is -0.465 e. The maximum absolute atomic E-state index is 11.5. The minimum atomic E-state index is -0.240. The molecule has 0 radical (unpaired) electrons. The molecule has 0 aromatic heterocycles. The number of ether oxygens (including phenoxy) is 1. The first-order valence-corrected chi connectivity index (χ1v) is 6.01. The van der Waals surface area contributed by atoms with Gasteiger partial charge in [0.15, 0.2) is 0 Å². The van der Waals surface area contributed by atoms with E-state index in [0.29, 0.717) is 12.2 Å². The second-order valence-electron chi connectivity index (χ2n) is 4.19. The van der Waals surface area contributed by atoms with Crippen LogP contribution in [0.3, 0.4) is 0 Å². The van der Waals surface area contributed by atoms with Crippen LogP contribution in [0.5, 0.6) is 0 Å². The lowest BCUT2D eigenvalue weighted by atomic mass is 10.2. The van der Waals surface area contributed by atoms with Crippen molar-refractivity contribution in [1.82, 2.24) is 0 Å². The average molecular weight is 246 g/mol. The highest BCUT2D eigenvalue weighted by molar-refractivity contribution is 5.76. The Morgan fingerprint density at radius 1 is 1.39 bits per heavy atom. The molecule has 1 rings (SSSR count). The zero-order valence-electron chi connectivity index (χ0n) is 11.0. The molecule has 4 heteroatoms. The van der Waals surface area contributed by atoms with E-state index in [4.69, 9.17) is 10.00 Å². The van der Waals surface area contributed by atoms with Crippen molar-refractivity contribution in [3.05, 3.63) is 29.8 Å². The summed E-state index contributed by atoms with van der Waals surface area (Å²) in [6.45, 7) is 6.42. The Morgan fingerprint density at radius 2 is 2.00 bits per heavy atom. The van der Waals surface area contributed by atoms with Gasteiger partial charge >= 0.3 is 5.97 Å². The lowest BCUT2D eigenvalue weighted by molar-refractivity contribution is -0.141. The number of carbonyl (C=O) groups is 1. The first-order chi connectivity index (χ1) is 8.58. The summed E-state index contributed by atoms with van der Waals surface area (Å²) in [5.74, 6) is -0.240. The molecule has 0 aliphatic rings. The Hall–Kier alpha value is -2.02. The highest BCUT2D eigenvalue weighted by Crippen LogP contribution is 2.17. The van der Waals surface area contributed by atoms with Crippen molar-refractivity contribution in [3.63, 3.8) is 0 Å². The highest BCUT2D eigenvalue weighted by Gasteiger charge is 2.15.